The van der Waals surface area contributed by atoms with Crippen molar-refractivity contribution in [3.05, 3.63) is 0 Å². The minimum atomic E-state index is -4.08. The summed E-state index contributed by atoms with van der Waals surface area (Å²) in [5.41, 5.74) is 0. The molecule has 140 valence electrons. The maximum Gasteiger partial charge on any atom is 0.401 e. The van der Waals surface area contributed by atoms with Gasteiger partial charge in [-0.1, -0.05) is 0 Å². The van der Waals surface area contributed by atoms with Gasteiger partial charge in [0.1, 0.15) is 0 Å². The van der Waals surface area contributed by atoms with E-state index in [9.17, 15) is 13.2 Å². The van der Waals surface area contributed by atoms with Crippen LogP contribution in [0.4, 0.5) is 13.2 Å². The van der Waals surface area contributed by atoms with Crippen molar-refractivity contribution in [3.8, 4) is 0 Å². The van der Waals surface area contributed by atoms with Gasteiger partial charge in [0.15, 0.2) is 5.96 Å². The third-order valence-corrected chi connectivity index (χ3v) is 6.10. The van der Waals surface area contributed by atoms with E-state index in [0.29, 0.717) is 24.3 Å². The summed E-state index contributed by atoms with van der Waals surface area (Å²) < 4.78 is 37.1. The van der Waals surface area contributed by atoms with Crippen LogP contribution in [-0.4, -0.2) is 67.8 Å². The predicted molar refractivity (Wildman–Crippen MR) is 94.7 cm³/mol. The molecule has 2 heterocycles. The first kappa shape index (κ1) is 19.7. The molecule has 0 spiro atoms. The number of hydrogen-bond donors (Lipinski definition) is 2. The van der Waals surface area contributed by atoms with Gasteiger partial charge >= 0.3 is 6.18 Å². The number of hydrogen-bond acceptors (Lipinski definition) is 3. The molecule has 0 radical (unpaired) electrons. The number of guanidine groups is 1. The van der Waals surface area contributed by atoms with Gasteiger partial charge in [0, 0.05) is 25.4 Å². The Morgan fingerprint density at radius 3 is 2.54 bits per heavy atom. The summed E-state index contributed by atoms with van der Waals surface area (Å²) in [6.07, 6.45) is 1.18. The third-order valence-electron chi connectivity index (χ3n) is 4.70. The Kier molecular flexibility index (Phi) is 8.00. The van der Waals surface area contributed by atoms with Crippen LogP contribution in [0.5, 0.6) is 0 Å². The van der Waals surface area contributed by atoms with Gasteiger partial charge in [0.2, 0.25) is 0 Å². The van der Waals surface area contributed by atoms with Gasteiger partial charge in [-0.2, -0.15) is 24.9 Å². The highest BCUT2D eigenvalue weighted by atomic mass is 32.2. The van der Waals surface area contributed by atoms with Crippen LogP contribution in [-0.2, 0) is 0 Å². The van der Waals surface area contributed by atoms with Crippen molar-refractivity contribution in [2.75, 3.05) is 45.5 Å². The fourth-order valence-electron chi connectivity index (χ4n) is 3.32. The summed E-state index contributed by atoms with van der Waals surface area (Å²) in [5, 5.41) is 7.37. The monoisotopic (exact) mass is 366 g/mol. The fraction of sp³-hybridized carbons (Fsp3) is 0.938. The number of nitrogens with zero attached hydrogens (tertiary/aromatic N) is 2. The zero-order valence-electron chi connectivity index (χ0n) is 14.4. The lowest BCUT2D eigenvalue weighted by Crippen LogP contribution is -2.42. The van der Waals surface area contributed by atoms with Gasteiger partial charge in [-0.05, 0) is 56.9 Å². The first-order valence-electron chi connectivity index (χ1n) is 8.81. The molecule has 2 rings (SSSR count). The van der Waals surface area contributed by atoms with Gasteiger partial charge in [-0.3, -0.25) is 9.89 Å². The molecule has 2 aliphatic heterocycles. The maximum absolute atomic E-state index is 12.4. The molecule has 24 heavy (non-hydrogen) atoms. The number of rotatable bonds is 6. The van der Waals surface area contributed by atoms with Crippen molar-refractivity contribution in [2.45, 2.75) is 43.5 Å². The van der Waals surface area contributed by atoms with E-state index < -0.39 is 12.7 Å². The molecule has 0 bridgehead atoms. The number of likely N-dealkylation sites (tertiary alicyclic amines) is 1. The first-order valence-corrected chi connectivity index (χ1v) is 9.86. The molecule has 2 fully saturated rings. The fourth-order valence-corrected chi connectivity index (χ4v) is 4.52. The lowest BCUT2D eigenvalue weighted by molar-refractivity contribution is -0.148. The highest BCUT2D eigenvalue weighted by Crippen LogP contribution is 2.25. The van der Waals surface area contributed by atoms with Crippen molar-refractivity contribution in [2.24, 2.45) is 10.9 Å². The number of nitrogens with one attached hydrogen (secondary N) is 2. The Labute approximate surface area is 147 Å². The van der Waals surface area contributed by atoms with Crippen molar-refractivity contribution >= 4 is 17.7 Å². The van der Waals surface area contributed by atoms with Crippen LogP contribution in [0, 0.1) is 5.92 Å². The van der Waals surface area contributed by atoms with E-state index in [2.05, 4.69) is 15.6 Å². The quantitative estimate of drug-likeness (QED) is 0.560. The van der Waals surface area contributed by atoms with Crippen LogP contribution in [0.25, 0.3) is 0 Å². The van der Waals surface area contributed by atoms with Crippen LogP contribution < -0.4 is 10.6 Å². The Morgan fingerprint density at radius 1 is 1.21 bits per heavy atom. The Balaban J connectivity index is 1.56. The predicted octanol–water partition coefficient (Wildman–Crippen LogP) is 2.71. The van der Waals surface area contributed by atoms with E-state index in [4.69, 9.17) is 0 Å². The van der Waals surface area contributed by atoms with Crippen molar-refractivity contribution in [1.82, 2.24) is 15.5 Å². The lowest BCUT2D eigenvalue weighted by Gasteiger charge is -2.32. The Hall–Kier alpha value is -0.630. The third kappa shape index (κ3) is 7.51. The van der Waals surface area contributed by atoms with E-state index >= 15 is 0 Å². The van der Waals surface area contributed by atoms with Gasteiger partial charge in [0.25, 0.3) is 0 Å². The minimum Gasteiger partial charge on any atom is -0.356 e. The molecule has 0 amide bonds. The second-order valence-corrected chi connectivity index (χ2v) is 8.05. The summed E-state index contributed by atoms with van der Waals surface area (Å²) in [5.74, 6) is 2.59. The largest absolute Gasteiger partial charge is 0.401 e. The van der Waals surface area contributed by atoms with Crippen LogP contribution in [0.1, 0.15) is 32.1 Å². The molecule has 8 heteroatoms. The molecule has 0 aromatic rings. The molecule has 4 nitrogen and oxygen atoms in total. The molecule has 2 N–H and O–H groups in total. The van der Waals surface area contributed by atoms with Crippen LogP contribution in [0.2, 0.25) is 0 Å². The van der Waals surface area contributed by atoms with E-state index in [-0.39, 0.29) is 0 Å². The van der Waals surface area contributed by atoms with Gasteiger partial charge < -0.3 is 10.6 Å². The second-order valence-electron chi connectivity index (χ2n) is 6.64. The van der Waals surface area contributed by atoms with Gasteiger partial charge in [-0.15, -0.1) is 0 Å². The van der Waals surface area contributed by atoms with Crippen molar-refractivity contribution in [1.29, 1.82) is 0 Å². The molecule has 0 aromatic heterocycles. The van der Waals surface area contributed by atoms with Gasteiger partial charge in [-0.25, -0.2) is 0 Å². The number of piperidine rings is 1. The summed E-state index contributed by atoms with van der Waals surface area (Å²) in [7, 11) is 1.77. The summed E-state index contributed by atoms with van der Waals surface area (Å²) >= 11 is 2.02. The summed E-state index contributed by atoms with van der Waals surface area (Å²) in [6.45, 7) is 2.10. The standard InChI is InChI=1S/C16H29F3N4S/c1-20-15(22-11-14-3-2-10-24-14)21-7-4-13-5-8-23(9-6-13)12-16(17,18)19/h13-14H,2-12H2,1H3,(H2,20,21,22). The average Bonchev–Trinajstić information content (AvgIpc) is 3.04. The molecule has 0 saturated carbocycles. The molecule has 2 saturated heterocycles. The SMILES string of the molecule is CN=C(NCCC1CCN(CC(F)(F)F)CC1)NCC1CCCS1. The summed E-state index contributed by atoms with van der Waals surface area (Å²) in [6, 6.07) is 0. The highest BCUT2D eigenvalue weighted by Gasteiger charge is 2.32. The van der Waals surface area contributed by atoms with Crippen LogP contribution in [0.15, 0.2) is 4.99 Å². The van der Waals surface area contributed by atoms with E-state index in [1.54, 1.807) is 7.05 Å². The number of aliphatic imine (C=N–C) groups is 1. The minimum absolute atomic E-state index is 0.505. The normalized spacial score (nSPS) is 24.3. The van der Waals surface area contributed by atoms with E-state index in [1.165, 1.54) is 23.5 Å². The summed E-state index contributed by atoms with van der Waals surface area (Å²) in [4.78, 5) is 5.75. The molecule has 1 unspecified atom stereocenters. The van der Waals surface area contributed by atoms with Crippen LogP contribution in [0.3, 0.4) is 0 Å². The number of alkyl halides is 3. The zero-order valence-corrected chi connectivity index (χ0v) is 15.2. The maximum atomic E-state index is 12.4. The van der Waals surface area contributed by atoms with E-state index in [1.807, 2.05) is 11.8 Å². The Morgan fingerprint density at radius 2 is 1.96 bits per heavy atom. The topological polar surface area (TPSA) is 39.7 Å². The highest BCUT2D eigenvalue weighted by molar-refractivity contribution is 8.00. The smallest absolute Gasteiger partial charge is 0.356 e. The molecular formula is C16H29F3N4S. The van der Waals surface area contributed by atoms with Crippen molar-refractivity contribution < 1.29 is 13.2 Å². The molecular weight excluding hydrogens is 337 g/mol. The van der Waals surface area contributed by atoms with Crippen molar-refractivity contribution in [3.63, 3.8) is 0 Å². The first-order chi connectivity index (χ1) is 11.5. The number of thioether (sulfide) groups is 1. The Bertz CT molecular complexity index is 389. The van der Waals surface area contributed by atoms with Gasteiger partial charge in [0.05, 0.1) is 6.54 Å². The lowest BCUT2D eigenvalue weighted by atomic mass is 9.93. The zero-order chi connectivity index (χ0) is 17.4. The van der Waals surface area contributed by atoms with E-state index in [0.717, 1.165) is 38.3 Å². The molecule has 1 atom stereocenters. The van der Waals surface area contributed by atoms with Crippen LogP contribution >= 0.6 is 11.8 Å². The second kappa shape index (κ2) is 9.75. The molecule has 0 aliphatic carbocycles. The molecule has 2 aliphatic rings. The molecule has 0 aromatic carbocycles. The average molecular weight is 366 g/mol. The number of halogens is 3.